The van der Waals surface area contributed by atoms with Crippen molar-refractivity contribution in [1.82, 2.24) is 9.80 Å². The number of rotatable bonds is 2. The zero-order chi connectivity index (χ0) is 13.7. The van der Waals surface area contributed by atoms with Gasteiger partial charge in [-0.05, 0) is 38.5 Å². The quantitative estimate of drug-likeness (QED) is 0.748. The Morgan fingerprint density at radius 3 is 2.32 bits per heavy atom. The van der Waals surface area contributed by atoms with E-state index in [1.165, 1.54) is 0 Å². The van der Waals surface area contributed by atoms with Gasteiger partial charge in [0, 0.05) is 37.8 Å². The Kier molecular flexibility index (Phi) is 5.01. The molecule has 2 heteroatoms. The zero-order valence-electron chi connectivity index (χ0n) is 12.0. The van der Waals surface area contributed by atoms with Gasteiger partial charge in [0.15, 0.2) is 0 Å². The maximum atomic E-state index is 3.88. The van der Waals surface area contributed by atoms with Gasteiger partial charge < -0.3 is 0 Å². The van der Waals surface area contributed by atoms with Crippen molar-refractivity contribution in [3.05, 3.63) is 42.3 Å². The number of hydrogen-bond acceptors (Lipinski definition) is 2. The smallest absolute Gasteiger partial charge is 0.0606 e. The third-order valence-corrected chi connectivity index (χ3v) is 3.63. The summed E-state index contributed by atoms with van der Waals surface area (Å²) >= 11 is 0. The molecule has 1 saturated heterocycles. The lowest BCUT2D eigenvalue weighted by molar-refractivity contribution is 0.118. The van der Waals surface area contributed by atoms with Crippen molar-refractivity contribution in [3.8, 4) is 11.8 Å². The topological polar surface area (TPSA) is 6.48 Å². The Morgan fingerprint density at radius 2 is 1.74 bits per heavy atom. The first-order valence-electron chi connectivity index (χ1n) is 7.02. The molecule has 1 aliphatic rings. The fourth-order valence-corrected chi connectivity index (χ4v) is 2.28. The van der Waals surface area contributed by atoms with Crippen molar-refractivity contribution in [3.63, 3.8) is 0 Å². The van der Waals surface area contributed by atoms with Crippen molar-refractivity contribution in [2.75, 3.05) is 32.7 Å². The lowest BCUT2D eigenvalue weighted by Gasteiger charge is -2.36. The number of benzene rings is 1. The molecule has 0 N–H and O–H groups in total. The van der Waals surface area contributed by atoms with Crippen LogP contribution in [0.25, 0.3) is 0 Å². The van der Waals surface area contributed by atoms with Crippen LogP contribution in [0.1, 0.15) is 25.0 Å². The average molecular weight is 255 g/mol. The van der Waals surface area contributed by atoms with E-state index in [-0.39, 0.29) is 0 Å². The Bertz CT molecular complexity index is 442. The second-order valence-electron chi connectivity index (χ2n) is 5.40. The SMILES string of the molecule is [CH2]c1ccc(C#CCN2CCN(C(C)C)CC2)cc1. The third-order valence-electron chi connectivity index (χ3n) is 3.63. The molecule has 1 aliphatic heterocycles. The van der Waals surface area contributed by atoms with Gasteiger partial charge in [0.05, 0.1) is 6.54 Å². The van der Waals surface area contributed by atoms with Gasteiger partial charge in [-0.2, -0.15) is 0 Å². The van der Waals surface area contributed by atoms with Crippen molar-refractivity contribution < 1.29 is 0 Å². The molecule has 1 aromatic carbocycles. The Hall–Kier alpha value is -1.30. The molecule has 0 saturated carbocycles. The van der Waals surface area contributed by atoms with Gasteiger partial charge in [0.1, 0.15) is 0 Å². The van der Waals surface area contributed by atoms with Crippen molar-refractivity contribution in [2.45, 2.75) is 19.9 Å². The van der Waals surface area contributed by atoms with Crippen LogP contribution in [0.4, 0.5) is 0 Å². The summed E-state index contributed by atoms with van der Waals surface area (Å²) < 4.78 is 0. The van der Waals surface area contributed by atoms with Crippen LogP contribution in [0.5, 0.6) is 0 Å². The molecule has 0 unspecified atom stereocenters. The monoisotopic (exact) mass is 255 g/mol. The predicted molar refractivity (Wildman–Crippen MR) is 80.9 cm³/mol. The maximum Gasteiger partial charge on any atom is 0.0606 e. The van der Waals surface area contributed by atoms with Gasteiger partial charge in [-0.1, -0.05) is 24.0 Å². The predicted octanol–water partition coefficient (Wildman–Crippen LogP) is 2.25. The summed E-state index contributed by atoms with van der Waals surface area (Å²) in [5.41, 5.74) is 2.11. The summed E-state index contributed by atoms with van der Waals surface area (Å²) in [6, 6.07) is 8.74. The third kappa shape index (κ3) is 4.38. The summed E-state index contributed by atoms with van der Waals surface area (Å²) in [6.45, 7) is 13.9. The van der Waals surface area contributed by atoms with E-state index < -0.39 is 0 Å². The van der Waals surface area contributed by atoms with Crippen LogP contribution in [0.15, 0.2) is 24.3 Å². The molecule has 1 heterocycles. The van der Waals surface area contributed by atoms with Gasteiger partial charge in [0.2, 0.25) is 0 Å². The van der Waals surface area contributed by atoms with Gasteiger partial charge in [0.25, 0.3) is 0 Å². The van der Waals surface area contributed by atoms with E-state index in [4.69, 9.17) is 0 Å². The molecule has 1 radical (unpaired) electrons. The maximum absolute atomic E-state index is 3.88. The molecular formula is C17H23N2. The van der Waals surface area contributed by atoms with Gasteiger partial charge in [-0.3, -0.25) is 9.80 Å². The summed E-state index contributed by atoms with van der Waals surface area (Å²) in [6.07, 6.45) is 0. The first-order chi connectivity index (χ1) is 9.15. The van der Waals surface area contributed by atoms with Crippen LogP contribution >= 0.6 is 0 Å². The molecule has 2 rings (SSSR count). The minimum Gasteiger partial charge on any atom is -0.298 e. The number of nitrogens with zero attached hydrogens (tertiary/aromatic N) is 2. The summed E-state index contributed by atoms with van der Waals surface area (Å²) in [5, 5.41) is 0. The Balaban J connectivity index is 1.79. The van der Waals surface area contributed by atoms with Crippen molar-refractivity contribution >= 4 is 0 Å². The van der Waals surface area contributed by atoms with Crippen LogP contribution in [-0.4, -0.2) is 48.6 Å². The zero-order valence-corrected chi connectivity index (χ0v) is 12.0. The van der Waals surface area contributed by atoms with Gasteiger partial charge in [-0.25, -0.2) is 0 Å². The van der Waals surface area contributed by atoms with E-state index in [2.05, 4.69) is 42.4 Å². The lowest BCUT2D eigenvalue weighted by Crippen LogP contribution is -2.48. The molecule has 0 bridgehead atoms. The fourth-order valence-electron chi connectivity index (χ4n) is 2.28. The highest BCUT2D eigenvalue weighted by atomic mass is 15.3. The lowest BCUT2D eigenvalue weighted by atomic mass is 10.1. The average Bonchev–Trinajstić information content (AvgIpc) is 2.41. The van der Waals surface area contributed by atoms with E-state index in [1.807, 2.05) is 24.3 Å². The minimum atomic E-state index is 0.661. The Labute approximate surface area is 117 Å². The van der Waals surface area contributed by atoms with Crippen LogP contribution < -0.4 is 0 Å². The minimum absolute atomic E-state index is 0.661. The van der Waals surface area contributed by atoms with Gasteiger partial charge >= 0.3 is 0 Å². The Morgan fingerprint density at radius 1 is 1.11 bits per heavy atom. The largest absolute Gasteiger partial charge is 0.298 e. The van der Waals surface area contributed by atoms with E-state index in [0.29, 0.717) is 6.04 Å². The second-order valence-corrected chi connectivity index (χ2v) is 5.40. The molecule has 0 aromatic heterocycles. The van der Waals surface area contributed by atoms with Gasteiger partial charge in [-0.15, -0.1) is 0 Å². The summed E-state index contributed by atoms with van der Waals surface area (Å²) in [7, 11) is 0. The molecule has 1 aromatic rings. The molecule has 0 amide bonds. The second kappa shape index (κ2) is 6.75. The molecule has 19 heavy (non-hydrogen) atoms. The molecule has 0 aliphatic carbocycles. The normalized spacial score (nSPS) is 17.3. The summed E-state index contributed by atoms with van der Waals surface area (Å²) in [4.78, 5) is 4.96. The molecule has 0 spiro atoms. The molecule has 101 valence electrons. The number of hydrogen-bond donors (Lipinski definition) is 0. The van der Waals surface area contributed by atoms with Crippen LogP contribution in [-0.2, 0) is 0 Å². The van der Waals surface area contributed by atoms with E-state index in [1.54, 1.807) is 0 Å². The summed E-state index contributed by atoms with van der Waals surface area (Å²) in [5.74, 6) is 6.49. The highest BCUT2D eigenvalue weighted by Crippen LogP contribution is 2.05. The van der Waals surface area contributed by atoms with Crippen molar-refractivity contribution in [2.24, 2.45) is 0 Å². The molecule has 0 atom stereocenters. The first kappa shape index (κ1) is 14.1. The highest BCUT2D eigenvalue weighted by molar-refractivity contribution is 5.36. The van der Waals surface area contributed by atoms with Crippen molar-refractivity contribution in [1.29, 1.82) is 0 Å². The molecule has 2 nitrogen and oxygen atoms in total. The van der Waals surface area contributed by atoms with Crippen LogP contribution in [0, 0.1) is 18.8 Å². The molecular weight excluding hydrogens is 232 g/mol. The van der Waals surface area contributed by atoms with E-state index >= 15 is 0 Å². The first-order valence-corrected chi connectivity index (χ1v) is 7.02. The van der Waals surface area contributed by atoms with Crippen LogP contribution in [0.3, 0.4) is 0 Å². The van der Waals surface area contributed by atoms with Crippen LogP contribution in [0.2, 0.25) is 0 Å². The standard InChI is InChI=1S/C17H23N2/c1-15(2)19-13-11-18(12-14-19)10-4-5-17-8-6-16(3)7-9-17/h6-9,15H,3,10-14H2,1-2H3. The number of piperazine rings is 1. The highest BCUT2D eigenvalue weighted by Gasteiger charge is 2.17. The van der Waals surface area contributed by atoms with E-state index in [0.717, 1.165) is 43.9 Å². The fraction of sp³-hybridized carbons (Fsp3) is 0.471. The molecule has 1 fully saturated rings. The van der Waals surface area contributed by atoms with E-state index in [9.17, 15) is 0 Å².